The van der Waals surface area contributed by atoms with Crippen molar-refractivity contribution in [1.29, 1.82) is 0 Å². The Bertz CT molecular complexity index is 2350. The van der Waals surface area contributed by atoms with Crippen LogP contribution < -0.4 is 15.9 Å². The SMILES string of the molecule is C1=CCCC(c2ccc(C3=c4ccccc4=NC(c4cccc(-c5nc6c(nc7ccccn76)c6c5CCC=C6)c4)N3)cc2)=C1. The Hall–Kier alpha value is -5.55. The molecule has 3 aliphatic rings. The fourth-order valence-corrected chi connectivity index (χ4v) is 6.94. The van der Waals surface area contributed by atoms with Crippen LogP contribution in [0.15, 0.2) is 126 Å². The Kier molecular flexibility index (Phi) is 6.08. The Morgan fingerprint density at radius 3 is 2.53 bits per heavy atom. The molecule has 0 radical (unpaired) electrons. The number of benzene rings is 3. The van der Waals surface area contributed by atoms with E-state index in [0.717, 1.165) is 81.2 Å². The standard InChI is InChI=1S/C40H31N5/c1-2-11-26(12-3-1)27-20-22-28(23-21-27)36-33-17-6-7-18-34(33)41-39(43-36)30-14-10-13-29(25-30)37-31-15-4-5-16-32(31)38-40(44-37)45-24-9-8-19-35(45)42-38/h1-2,5-11,13-14,16-25,39,43H,3-4,12,15H2. The monoisotopic (exact) mass is 581 g/mol. The minimum atomic E-state index is -0.226. The number of imidazole rings is 1. The number of hydrogen-bond acceptors (Lipinski definition) is 4. The van der Waals surface area contributed by atoms with Crippen LogP contribution in [0.25, 0.3) is 45.4 Å². The summed E-state index contributed by atoms with van der Waals surface area (Å²) in [5.74, 6) is 0. The van der Waals surface area contributed by atoms with E-state index in [1.807, 2.05) is 24.4 Å². The number of aromatic nitrogens is 3. The summed E-state index contributed by atoms with van der Waals surface area (Å²) in [6.45, 7) is 0. The third-order valence-corrected chi connectivity index (χ3v) is 9.19. The highest BCUT2D eigenvalue weighted by Gasteiger charge is 2.22. The average Bonchev–Trinajstić information content (AvgIpc) is 3.50. The van der Waals surface area contributed by atoms with Crippen LogP contribution in [0.4, 0.5) is 0 Å². The van der Waals surface area contributed by atoms with Crippen molar-refractivity contribution in [3.8, 4) is 11.3 Å². The maximum Gasteiger partial charge on any atom is 0.165 e. The van der Waals surface area contributed by atoms with Gasteiger partial charge in [-0.1, -0.05) is 97.1 Å². The lowest BCUT2D eigenvalue weighted by molar-refractivity contribution is 0.634. The number of allylic oxidation sites excluding steroid dienone is 5. The van der Waals surface area contributed by atoms with E-state index >= 15 is 0 Å². The number of nitrogens with one attached hydrogen (secondary N) is 1. The van der Waals surface area contributed by atoms with Crippen molar-refractivity contribution >= 4 is 34.2 Å². The molecule has 216 valence electrons. The van der Waals surface area contributed by atoms with Crippen molar-refractivity contribution in [2.75, 3.05) is 0 Å². The minimum absolute atomic E-state index is 0.226. The van der Waals surface area contributed by atoms with E-state index in [9.17, 15) is 0 Å². The van der Waals surface area contributed by atoms with Gasteiger partial charge in [-0.15, -0.1) is 0 Å². The smallest absolute Gasteiger partial charge is 0.165 e. The second-order valence-corrected chi connectivity index (χ2v) is 11.9. The Morgan fingerprint density at radius 2 is 1.62 bits per heavy atom. The van der Waals surface area contributed by atoms with Crippen LogP contribution in [0.3, 0.4) is 0 Å². The van der Waals surface area contributed by atoms with Crippen LogP contribution >= 0.6 is 0 Å². The Morgan fingerprint density at radius 1 is 0.756 bits per heavy atom. The fraction of sp³-hybridized carbons (Fsp3) is 0.125. The van der Waals surface area contributed by atoms with Crippen LogP contribution in [0.5, 0.6) is 0 Å². The Labute approximate surface area is 261 Å². The summed E-state index contributed by atoms with van der Waals surface area (Å²) in [5.41, 5.74) is 13.4. The first-order valence-corrected chi connectivity index (χ1v) is 15.8. The van der Waals surface area contributed by atoms with Crippen molar-refractivity contribution in [2.45, 2.75) is 31.8 Å². The quantitative estimate of drug-likeness (QED) is 0.237. The van der Waals surface area contributed by atoms with Gasteiger partial charge in [-0.3, -0.25) is 9.39 Å². The number of fused-ring (bicyclic) bond motifs is 6. The van der Waals surface area contributed by atoms with Gasteiger partial charge in [-0.25, -0.2) is 9.97 Å². The fourth-order valence-electron chi connectivity index (χ4n) is 6.94. The molecule has 4 heterocycles. The van der Waals surface area contributed by atoms with Crippen molar-refractivity contribution in [3.05, 3.63) is 160 Å². The van der Waals surface area contributed by atoms with Gasteiger partial charge in [0.2, 0.25) is 0 Å². The minimum Gasteiger partial charge on any atom is -0.359 e. The molecule has 0 bridgehead atoms. The van der Waals surface area contributed by atoms with Crippen LogP contribution in [-0.2, 0) is 6.42 Å². The largest absolute Gasteiger partial charge is 0.359 e. The molecule has 1 aliphatic heterocycles. The number of rotatable bonds is 4. The number of para-hydroxylation sites is 1. The third kappa shape index (κ3) is 4.42. The Balaban J connectivity index is 1.13. The molecule has 0 fully saturated rings. The van der Waals surface area contributed by atoms with Gasteiger partial charge in [0.1, 0.15) is 17.3 Å². The molecule has 0 amide bonds. The molecule has 1 atom stereocenters. The van der Waals surface area contributed by atoms with E-state index in [0.29, 0.717) is 0 Å². The first-order chi connectivity index (χ1) is 22.3. The van der Waals surface area contributed by atoms with Gasteiger partial charge >= 0.3 is 0 Å². The third-order valence-electron chi connectivity index (χ3n) is 9.19. The van der Waals surface area contributed by atoms with Crippen molar-refractivity contribution in [2.24, 2.45) is 4.99 Å². The molecule has 45 heavy (non-hydrogen) atoms. The van der Waals surface area contributed by atoms with Crippen molar-refractivity contribution in [3.63, 3.8) is 0 Å². The lowest BCUT2D eigenvalue weighted by Crippen LogP contribution is -2.39. The van der Waals surface area contributed by atoms with Crippen LogP contribution in [0.1, 0.15) is 53.2 Å². The van der Waals surface area contributed by atoms with E-state index in [4.69, 9.17) is 15.0 Å². The molecule has 6 aromatic rings. The highest BCUT2D eigenvalue weighted by molar-refractivity contribution is 5.91. The first kappa shape index (κ1) is 25.9. The first-order valence-electron chi connectivity index (χ1n) is 15.8. The second kappa shape index (κ2) is 10.6. The predicted octanol–water partition coefficient (Wildman–Crippen LogP) is 7.32. The molecule has 0 saturated carbocycles. The van der Waals surface area contributed by atoms with Crippen molar-refractivity contribution in [1.82, 2.24) is 19.7 Å². The zero-order valence-corrected chi connectivity index (χ0v) is 24.8. The highest BCUT2D eigenvalue weighted by Crippen LogP contribution is 2.35. The second-order valence-electron chi connectivity index (χ2n) is 11.9. The zero-order chi connectivity index (χ0) is 29.7. The summed E-state index contributed by atoms with van der Waals surface area (Å²) in [5, 5.41) is 5.93. The van der Waals surface area contributed by atoms with Gasteiger partial charge in [0, 0.05) is 22.5 Å². The summed E-state index contributed by atoms with van der Waals surface area (Å²) in [7, 11) is 0. The molecule has 5 nitrogen and oxygen atoms in total. The lowest BCUT2D eigenvalue weighted by atomic mass is 9.92. The summed E-state index contributed by atoms with van der Waals surface area (Å²) < 4.78 is 2.09. The van der Waals surface area contributed by atoms with Gasteiger partial charge in [-0.2, -0.15) is 0 Å². The van der Waals surface area contributed by atoms with E-state index in [2.05, 4.69) is 113 Å². The molecule has 5 heteroatoms. The van der Waals surface area contributed by atoms with Crippen LogP contribution in [-0.4, -0.2) is 14.4 Å². The number of pyridine rings is 2. The topological polar surface area (TPSA) is 54.6 Å². The van der Waals surface area contributed by atoms with E-state index in [1.165, 1.54) is 22.3 Å². The van der Waals surface area contributed by atoms with Crippen molar-refractivity contribution < 1.29 is 0 Å². The average molecular weight is 582 g/mol. The summed E-state index contributed by atoms with van der Waals surface area (Å²) in [6.07, 6.45) is 17.1. The summed E-state index contributed by atoms with van der Waals surface area (Å²) >= 11 is 0. The zero-order valence-electron chi connectivity index (χ0n) is 24.8. The van der Waals surface area contributed by atoms with Crippen LogP contribution in [0, 0.1) is 0 Å². The molecule has 9 rings (SSSR count). The molecule has 0 saturated heterocycles. The lowest BCUT2D eigenvalue weighted by Gasteiger charge is -2.24. The number of hydrogen-bond donors (Lipinski definition) is 1. The summed E-state index contributed by atoms with van der Waals surface area (Å²) in [4.78, 5) is 15.4. The molecule has 1 unspecified atom stereocenters. The van der Waals surface area contributed by atoms with Gasteiger partial charge in [0.15, 0.2) is 5.65 Å². The normalized spacial score (nSPS) is 17.0. The molecule has 2 aliphatic carbocycles. The summed E-state index contributed by atoms with van der Waals surface area (Å²) in [6, 6.07) is 32.2. The van der Waals surface area contributed by atoms with Gasteiger partial charge in [0.25, 0.3) is 0 Å². The molecular weight excluding hydrogens is 550 g/mol. The maximum absolute atomic E-state index is 5.28. The highest BCUT2D eigenvalue weighted by atomic mass is 15.1. The van der Waals surface area contributed by atoms with Crippen LogP contribution in [0.2, 0.25) is 0 Å². The van der Waals surface area contributed by atoms with E-state index < -0.39 is 0 Å². The van der Waals surface area contributed by atoms with E-state index in [-0.39, 0.29) is 6.17 Å². The van der Waals surface area contributed by atoms with Gasteiger partial charge in [0.05, 0.1) is 16.7 Å². The molecular formula is C40H31N5. The van der Waals surface area contributed by atoms with Gasteiger partial charge < -0.3 is 5.32 Å². The molecule has 3 aromatic carbocycles. The number of nitrogens with zero attached hydrogens (tertiary/aromatic N) is 4. The predicted molar refractivity (Wildman–Crippen MR) is 182 cm³/mol. The maximum atomic E-state index is 5.28. The van der Waals surface area contributed by atoms with Gasteiger partial charge in [-0.05, 0) is 77.8 Å². The molecule has 0 spiro atoms. The molecule has 1 N–H and O–H groups in total. The van der Waals surface area contributed by atoms with E-state index in [1.54, 1.807) is 0 Å². The molecule has 3 aromatic heterocycles.